The van der Waals surface area contributed by atoms with Crippen LogP contribution in [-0.4, -0.2) is 12.8 Å². The summed E-state index contributed by atoms with van der Waals surface area (Å²) in [6.45, 7) is 1.19. The van der Waals surface area contributed by atoms with E-state index in [1.807, 2.05) is 30.3 Å². The predicted octanol–water partition coefficient (Wildman–Crippen LogP) is 1.40. The molecule has 1 aromatic rings. The highest BCUT2D eigenvalue weighted by atomic mass is 35.5. The van der Waals surface area contributed by atoms with Gasteiger partial charge in [0.2, 0.25) is 0 Å². The van der Waals surface area contributed by atoms with Crippen molar-refractivity contribution in [3.63, 3.8) is 0 Å². The van der Waals surface area contributed by atoms with Crippen LogP contribution in [0.1, 0.15) is 5.56 Å². The van der Waals surface area contributed by atoms with E-state index in [-0.39, 0.29) is 12.4 Å². The van der Waals surface area contributed by atoms with Gasteiger partial charge in [-0.05, 0) is 5.56 Å². The molecule has 1 rings (SSSR count). The van der Waals surface area contributed by atoms with Crippen LogP contribution in [0.25, 0.3) is 0 Å². The van der Waals surface area contributed by atoms with Gasteiger partial charge in [0.1, 0.15) is 6.29 Å². The molecule has 0 saturated heterocycles. The Balaban J connectivity index is 0.00000121. The molecule has 0 bridgehead atoms. The van der Waals surface area contributed by atoms with Crippen LogP contribution in [0.15, 0.2) is 30.3 Å². The zero-order valence-electron chi connectivity index (χ0n) is 6.69. The molecule has 0 aliphatic rings. The highest BCUT2D eigenvalue weighted by Gasteiger charge is 1.87. The summed E-state index contributed by atoms with van der Waals surface area (Å²) in [4.78, 5) is 9.93. The van der Waals surface area contributed by atoms with Gasteiger partial charge in [-0.25, -0.2) is 0 Å². The number of rotatable bonds is 4. The van der Waals surface area contributed by atoms with Crippen LogP contribution in [0.2, 0.25) is 0 Å². The Labute approximate surface area is 78.4 Å². The van der Waals surface area contributed by atoms with Crippen LogP contribution in [-0.2, 0) is 11.3 Å². The molecule has 0 unspecified atom stereocenters. The number of aldehydes is 1. The second-order valence-corrected chi connectivity index (χ2v) is 2.28. The molecule has 1 aromatic carbocycles. The maximum Gasteiger partial charge on any atom is 0.133 e. The van der Waals surface area contributed by atoms with E-state index in [2.05, 4.69) is 5.32 Å². The average molecular weight is 186 g/mol. The third-order valence-electron chi connectivity index (χ3n) is 1.40. The highest BCUT2D eigenvalue weighted by molar-refractivity contribution is 5.85. The van der Waals surface area contributed by atoms with Crippen molar-refractivity contribution in [2.24, 2.45) is 0 Å². The Bertz CT molecular complexity index is 213. The molecule has 0 fully saturated rings. The Morgan fingerprint density at radius 2 is 1.92 bits per heavy atom. The number of carbonyl (C=O) groups excluding carboxylic acids is 1. The van der Waals surface area contributed by atoms with Crippen LogP contribution >= 0.6 is 12.4 Å². The summed E-state index contributed by atoms with van der Waals surface area (Å²) >= 11 is 0. The van der Waals surface area contributed by atoms with Gasteiger partial charge in [0, 0.05) is 6.54 Å². The van der Waals surface area contributed by atoms with Crippen molar-refractivity contribution in [1.29, 1.82) is 0 Å². The van der Waals surface area contributed by atoms with E-state index in [4.69, 9.17) is 0 Å². The van der Waals surface area contributed by atoms with Gasteiger partial charge >= 0.3 is 0 Å². The molecule has 0 amide bonds. The standard InChI is InChI=1S/C9H11NO.ClH/c11-7-6-10-8-9-4-2-1-3-5-9;/h1-5,7,10H,6,8H2;1H. The molecule has 0 saturated carbocycles. The lowest BCUT2D eigenvalue weighted by Crippen LogP contribution is -2.15. The Morgan fingerprint density at radius 1 is 1.25 bits per heavy atom. The van der Waals surface area contributed by atoms with E-state index in [0.29, 0.717) is 6.54 Å². The molecule has 0 aliphatic heterocycles. The lowest BCUT2D eigenvalue weighted by molar-refractivity contribution is -0.107. The zero-order chi connectivity index (χ0) is 7.94. The number of halogens is 1. The molecule has 0 heterocycles. The number of hydrogen-bond acceptors (Lipinski definition) is 2. The summed E-state index contributed by atoms with van der Waals surface area (Å²) in [6.07, 6.45) is 0.864. The van der Waals surface area contributed by atoms with Crippen LogP contribution in [0.3, 0.4) is 0 Å². The normalized spacial score (nSPS) is 8.67. The first-order valence-electron chi connectivity index (χ1n) is 3.62. The minimum atomic E-state index is 0. The van der Waals surface area contributed by atoms with Crippen molar-refractivity contribution in [3.05, 3.63) is 35.9 Å². The van der Waals surface area contributed by atoms with Gasteiger partial charge in [-0.3, -0.25) is 0 Å². The zero-order valence-corrected chi connectivity index (χ0v) is 7.51. The first-order valence-corrected chi connectivity index (χ1v) is 3.62. The maximum atomic E-state index is 9.93. The fourth-order valence-corrected chi connectivity index (χ4v) is 0.871. The van der Waals surface area contributed by atoms with Gasteiger partial charge in [-0.1, -0.05) is 30.3 Å². The van der Waals surface area contributed by atoms with E-state index in [1.54, 1.807) is 0 Å². The Morgan fingerprint density at radius 3 is 2.50 bits per heavy atom. The minimum Gasteiger partial charge on any atom is -0.306 e. The number of carbonyl (C=O) groups is 1. The van der Waals surface area contributed by atoms with E-state index in [0.717, 1.165) is 12.8 Å². The Hall–Kier alpha value is -0.860. The summed E-state index contributed by atoms with van der Waals surface area (Å²) < 4.78 is 0. The molecule has 0 aliphatic carbocycles. The molecule has 0 aromatic heterocycles. The molecule has 12 heavy (non-hydrogen) atoms. The third kappa shape index (κ3) is 4.11. The van der Waals surface area contributed by atoms with Crippen molar-refractivity contribution in [3.8, 4) is 0 Å². The van der Waals surface area contributed by atoms with Crippen molar-refractivity contribution in [2.45, 2.75) is 6.54 Å². The fraction of sp³-hybridized carbons (Fsp3) is 0.222. The SMILES string of the molecule is Cl.O=CCNCc1ccccc1. The van der Waals surface area contributed by atoms with E-state index in [9.17, 15) is 4.79 Å². The number of hydrogen-bond donors (Lipinski definition) is 1. The Kier molecular flexibility index (Phi) is 6.34. The summed E-state index contributed by atoms with van der Waals surface area (Å²) in [5.41, 5.74) is 1.20. The van der Waals surface area contributed by atoms with Crippen LogP contribution in [0, 0.1) is 0 Å². The van der Waals surface area contributed by atoms with Crippen LogP contribution < -0.4 is 5.32 Å². The lowest BCUT2D eigenvalue weighted by Gasteiger charge is -1.98. The van der Waals surface area contributed by atoms with E-state index in [1.165, 1.54) is 5.56 Å². The third-order valence-corrected chi connectivity index (χ3v) is 1.40. The summed E-state index contributed by atoms with van der Waals surface area (Å²) in [5.74, 6) is 0. The van der Waals surface area contributed by atoms with E-state index < -0.39 is 0 Å². The minimum absolute atomic E-state index is 0. The van der Waals surface area contributed by atoms with Gasteiger partial charge < -0.3 is 10.1 Å². The van der Waals surface area contributed by atoms with Crippen molar-refractivity contribution < 1.29 is 4.79 Å². The van der Waals surface area contributed by atoms with Gasteiger partial charge in [0.15, 0.2) is 0 Å². The number of nitrogens with one attached hydrogen (secondary N) is 1. The van der Waals surface area contributed by atoms with Gasteiger partial charge in [0.25, 0.3) is 0 Å². The monoisotopic (exact) mass is 185 g/mol. The summed E-state index contributed by atoms with van der Waals surface area (Å²) in [7, 11) is 0. The fourth-order valence-electron chi connectivity index (χ4n) is 0.871. The lowest BCUT2D eigenvalue weighted by atomic mass is 10.2. The molecule has 0 atom stereocenters. The molecule has 2 nitrogen and oxygen atoms in total. The van der Waals surface area contributed by atoms with E-state index >= 15 is 0 Å². The second-order valence-electron chi connectivity index (χ2n) is 2.28. The smallest absolute Gasteiger partial charge is 0.133 e. The van der Waals surface area contributed by atoms with Crippen molar-refractivity contribution >= 4 is 18.7 Å². The quantitative estimate of drug-likeness (QED) is 0.568. The first-order chi connectivity index (χ1) is 5.43. The predicted molar refractivity (Wildman–Crippen MR) is 51.5 cm³/mol. The average Bonchev–Trinajstić information content (AvgIpc) is 2.07. The topological polar surface area (TPSA) is 29.1 Å². The molecular weight excluding hydrogens is 174 g/mol. The molecule has 66 valence electrons. The second kappa shape index (κ2) is 6.83. The molecule has 3 heteroatoms. The van der Waals surface area contributed by atoms with Crippen molar-refractivity contribution in [1.82, 2.24) is 5.32 Å². The van der Waals surface area contributed by atoms with Gasteiger partial charge in [0.05, 0.1) is 6.54 Å². The largest absolute Gasteiger partial charge is 0.306 e. The first kappa shape index (κ1) is 11.1. The maximum absolute atomic E-state index is 9.93. The molecule has 0 spiro atoms. The molecule has 1 N–H and O–H groups in total. The van der Waals surface area contributed by atoms with Gasteiger partial charge in [-0.2, -0.15) is 0 Å². The van der Waals surface area contributed by atoms with Crippen LogP contribution in [0.5, 0.6) is 0 Å². The van der Waals surface area contributed by atoms with Crippen LogP contribution in [0.4, 0.5) is 0 Å². The highest BCUT2D eigenvalue weighted by Crippen LogP contribution is 1.96. The van der Waals surface area contributed by atoms with Crippen molar-refractivity contribution in [2.75, 3.05) is 6.54 Å². The van der Waals surface area contributed by atoms with Gasteiger partial charge in [-0.15, -0.1) is 12.4 Å². The molecular formula is C9H12ClNO. The summed E-state index contributed by atoms with van der Waals surface area (Å²) in [5, 5.41) is 2.98. The molecule has 0 radical (unpaired) electrons. The summed E-state index contributed by atoms with van der Waals surface area (Å²) in [6, 6.07) is 9.99. The number of benzene rings is 1.